The summed E-state index contributed by atoms with van der Waals surface area (Å²) in [5, 5.41) is 14.5. The average Bonchev–Trinajstić information content (AvgIpc) is 3.19. The van der Waals surface area contributed by atoms with E-state index in [-0.39, 0.29) is 17.3 Å². The molecule has 1 N–H and O–H groups in total. The highest BCUT2D eigenvalue weighted by Gasteiger charge is 2.18. The first-order valence-electron chi connectivity index (χ1n) is 9.06. The van der Waals surface area contributed by atoms with Gasteiger partial charge in [0.1, 0.15) is 5.75 Å². The van der Waals surface area contributed by atoms with Gasteiger partial charge in [-0.1, -0.05) is 18.2 Å². The van der Waals surface area contributed by atoms with E-state index in [9.17, 15) is 14.9 Å². The van der Waals surface area contributed by atoms with Crippen molar-refractivity contribution in [3.05, 3.63) is 81.2 Å². The van der Waals surface area contributed by atoms with Crippen LogP contribution in [0.5, 0.6) is 5.75 Å². The molecule has 30 heavy (non-hydrogen) atoms. The maximum atomic E-state index is 13.2. The molecule has 8 heteroatoms. The Kier molecular flexibility index (Phi) is 5.16. The van der Waals surface area contributed by atoms with E-state index < -0.39 is 4.92 Å². The van der Waals surface area contributed by atoms with E-state index in [2.05, 4.69) is 5.32 Å². The van der Waals surface area contributed by atoms with Crippen molar-refractivity contribution in [2.75, 3.05) is 12.4 Å². The molecule has 0 saturated heterocycles. The summed E-state index contributed by atoms with van der Waals surface area (Å²) in [6.07, 6.45) is 0. The molecule has 0 spiro atoms. The van der Waals surface area contributed by atoms with E-state index in [0.29, 0.717) is 27.8 Å². The average molecular weight is 419 g/mol. The number of nitro groups is 1. The minimum absolute atomic E-state index is 0.116. The first-order valence-corrected chi connectivity index (χ1v) is 9.88. The lowest BCUT2D eigenvalue weighted by Gasteiger charge is -2.12. The van der Waals surface area contributed by atoms with Gasteiger partial charge >= 0.3 is 0 Å². The minimum Gasteiger partial charge on any atom is -0.494 e. The number of fused-ring (bicyclic) bond motifs is 1. The van der Waals surface area contributed by atoms with Crippen LogP contribution in [0.1, 0.15) is 15.2 Å². The molecule has 0 aliphatic rings. The topological polar surface area (TPSA) is 94.4 Å². The van der Waals surface area contributed by atoms with Crippen LogP contribution in [0.3, 0.4) is 0 Å². The lowest BCUT2D eigenvalue weighted by molar-refractivity contribution is -0.384. The molecule has 4 rings (SSSR count). The quantitative estimate of drug-likeness (QED) is 0.343. The predicted octanol–water partition coefficient (Wildman–Crippen LogP) is 5.44. The number of pyridine rings is 1. The van der Waals surface area contributed by atoms with Crippen LogP contribution in [0.25, 0.3) is 21.5 Å². The van der Waals surface area contributed by atoms with Gasteiger partial charge < -0.3 is 10.1 Å². The molecular weight excluding hydrogens is 402 g/mol. The number of para-hydroxylation sites is 1. The summed E-state index contributed by atoms with van der Waals surface area (Å²) in [5.74, 6) is -0.139. The van der Waals surface area contributed by atoms with Gasteiger partial charge in [-0.3, -0.25) is 14.9 Å². The third kappa shape index (κ3) is 3.72. The van der Waals surface area contributed by atoms with E-state index in [0.717, 1.165) is 9.75 Å². The van der Waals surface area contributed by atoms with Crippen molar-refractivity contribution in [2.45, 2.75) is 6.92 Å². The maximum absolute atomic E-state index is 13.2. The number of carbonyl (C=O) groups excluding carboxylic acids is 1. The lowest BCUT2D eigenvalue weighted by atomic mass is 10.1. The van der Waals surface area contributed by atoms with Gasteiger partial charge in [-0.15, -0.1) is 11.3 Å². The molecule has 0 atom stereocenters. The highest BCUT2D eigenvalue weighted by molar-refractivity contribution is 7.15. The highest BCUT2D eigenvalue weighted by Crippen LogP contribution is 2.32. The Balaban J connectivity index is 1.77. The molecule has 0 aliphatic heterocycles. The second-order valence-electron chi connectivity index (χ2n) is 6.58. The number of nitrogens with one attached hydrogen (secondary N) is 1. The number of hydrogen-bond acceptors (Lipinski definition) is 6. The second kappa shape index (κ2) is 7.92. The summed E-state index contributed by atoms with van der Waals surface area (Å²) in [4.78, 5) is 30.5. The number of thiophene rings is 1. The van der Waals surface area contributed by atoms with Crippen LogP contribution >= 0.6 is 11.3 Å². The number of hydrogen-bond donors (Lipinski definition) is 1. The summed E-state index contributed by atoms with van der Waals surface area (Å²) < 4.78 is 5.23. The van der Waals surface area contributed by atoms with E-state index in [1.807, 2.05) is 43.3 Å². The van der Waals surface area contributed by atoms with Gasteiger partial charge in [0.05, 0.1) is 45.4 Å². The summed E-state index contributed by atoms with van der Waals surface area (Å²) in [6, 6.07) is 17.3. The zero-order chi connectivity index (χ0) is 21.3. The van der Waals surface area contributed by atoms with Crippen molar-refractivity contribution in [3.63, 3.8) is 0 Å². The van der Waals surface area contributed by atoms with Crippen molar-refractivity contribution >= 4 is 39.5 Å². The molecule has 0 fully saturated rings. The van der Waals surface area contributed by atoms with Crippen LogP contribution in [-0.2, 0) is 0 Å². The van der Waals surface area contributed by atoms with Gasteiger partial charge in [0.25, 0.3) is 11.6 Å². The Hall–Kier alpha value is -3.78. The number of carbonyl (C=O) groups is 1. The minimum atomic E-state index is -0.514. The van der Waals surface area contributed by atoms with Gasteiger partial charge in [0.2, 0.25) is 0 Å². The number of methoxy groups -OCH3 is 1. The number of aryl methyl sites for hydroxylation is 1. The lowest BCUT2D eigenvalue weighted by Crippen LogP contribution is -2.14. The molecule has 2 aromatic carbocycles. The number of nitro benzene ring substituents is 1. The fraction of sp³-hybridized carbons (Fsp3) is 0.0909. The number of benzene rings is 2. The molecule has 0 bridgehead atoms. The third-order valence-corrected chi connectivity index (χ3v) is 5.62. The number of non-ortho nitro benzene ring substituents is 1. The standard InChI is InChI=1S/C22H17N3O4S/c1-13-7-10-21(30-13)19-12-16(15-5-3-4-6-17(15)23-19)22(26)24-18-9-8-14(25(27)28)11-20(18)29-2/h3-12H,1-2H3,(H,24,26). The molecule has 0 aliphatic carbocycles. The van der Waals surface area contributed by atoms with E-state index >= 15 is 0 Å². The van der Waals surface area contributed by atoms with E-state index in [1.54, 1.807) is 17.4 Å². The molecule has 0 saturated carbocycles. The van der Waals surface area contributed by atoms with Gasteiger partial charge in [0, 0.05) is 16.3 Å². The largest absolute Gasteiger partial charge is 0.494 e. The summed E-state index contributed by atoms with van der Waals surface area (Å²) >= 11 is 1.61. The molecular formula is C22H17N3O4S. The molecule has 2 aromatic heterocycles. The number of amides is 1. The number of aromatic nitrogens is 1. The van der Waals surface area contributed by atoms with E-state index in [4.69, 9.17) is 9.72 Å². The van der Waals surface area contributed by atoms with Crippen LogP contribution in [0.4, 0.5) is 11.4 Å². The van der Waals surface area contributed by atoms with E-state index in [1.165, 1.54) is 25.3 Å². The Morgan fingerprint density at radius 2 is 1.93 bits per heavy atom. The molecule has 150 valence electrons. The predicted molar refractivity (Wildman–Crippen MR) is 117 cm³/mol. The first-order chi connectivity index (χ1) is 14.5. The number of anilines is 1. The van der Waals surface area contributed by atoms with Gasteiger partial charge in [-0.2, -0.15) is 0 Å². The van der Waals surface area contributed by atoms with Gasteiger partial charge in [-0.05, 0) is 37.3 Å². The SMILES string of the molecule is COc1cc([N+](=O)[O-])ccc1NC(=O)c1cc(-c2ccc(C)s2)nc2ccccc12. The van der Waals surface area contributed by atoms with Crippen LogP contribution in [-0.4, -0.2) is 22.9 Å². The van der Waals surface area contributed by atoms with Crippen molar-refractivity contribution in [3.8, 4) is 16.3 Å². The molecule has 2 heterocycles. The van der Waals surface area contributed by atoms with Crippen LogP contribution in [0, 0.1) is 17.0 Å². The Labute approximate surface area is 176 Å². The molecule has 1 amide bonds. The Morgan fingerprint density at radius 3 is 2.63 bits per heavy atom. The molecule has 4 aromatic rings. The third-order valence-electron chi connectivity index (χ3n) is 4.60. The monoisotopic (exact) mass is 419 g/mol. The summed E-state index contributed by atoms with van der Waals surface area (Å²) in [7, 11) is 1.40. The van der Waals surface area contributed by atoms with Crippen LogP contribution in [0.15, 0.2) is 60.7 Å². The number of rotatable bonds is 5. The summed E-state index contributed by atoms with van der Waals surface area (Å²) in [6.45, 7) is 2.02. The van der Waals surface area contributed by atoms with Gasteiger partial charge in [0.15, 0.2) is 0 Å². The van der Waals surface area contributed by atoms with Crippen molar-refractivity contribution in [1.82, 2.24) is 4.98 Å². The zero-order valence-corrected chi connectivity index (χ0v) is 17.0. The molecule has 7 nitrogen and oxygen atoms in total. The van der Waals surface area contributed by atoms with Crippen molar-refractivity contribution < 1.29 is 14.5 Å². The first kappa shape index (κ1) is 19.5. The van der Waals surface area contributed by atoms with Crippen molar-refractivity contribution in [2.24, 2.45) is 0 Å². The van der Waals surface area contributed by atoms with Gasteiger partial charge in [-0.25, -0.2) is 4.98 Å². The fourth-order valence-electron chi connectivity index (χ4n) is 3.15. The Morgan fingerprint density at radius 1 is 1.13 bits per heavy atom. The molecule has 0 radical (unpaired) electrons. The number of nitrogens with zero attached hydrogens (tertiary/aromatic N) is 2. The second-order valence-corrected chi connectivity index (χ2v) is 7.87. The fourth-order valence-corrected chi connectivity index (χ4v) is 3.98. The molecule has 0 unspecified atom stereocenters. The Bertz CT molecular complexity index is 1280. The zero-order valence-electron chi connectivity index (χ0n) is 16.2. The smallest absolute Gasteiger partial charge is 0.273 e. The van der Waals surface area contributed by atoms with Crippen molar-refractivity contribution in [1.29, 1.82) is 0 Å². The van der Waals surface area contributed by atoms with Crippen LogP contribution in [0.2, 0.25) is 0 Å². The highest BCUT2D eigenvalue weighted by atomic mass is 32.1. The number of ether oxygens (including phenoxy) is 1. The summed E-state index contributed by atoms with van der Waals surface area (Å²) in [5.41, 5.74) is 2.12. The normalized spacial score (nSPS) is 10.7. The maximum Gasteiger partial charge on any atom is 0.273 e. The van der Waals surface area contributed by atoms with Crippen LogP contribution < -0.4 is 10.1 Å².